The molecule has 1 aliphatic rings. The third-order valence-corrected chi connectivity index (χ3v) is 6.19. The summed E-state index contributed by atoms with van der Waals surface area (Å²) in [5.74, 6) is 0.814. The number of nitrogens with zero attached hydrogens (tertiary/aromatic N) is 1. The van der Waals surface area contributed by atoms with Gasteiger partial charge in [-0.2, -0.15) is 0 Å². The summed E-state index contributed by atoms with van der Waals surface area (Å²) in [6.07, 6.45) is 5.11. The van der Waals surface area contributed by atoms with E-state index in [1.165, 1.54) is 25.9 Å². The summed E-state index contributed by atoms with van der Waals surface area (Å²) in [6.45, 7) is 6.59. The van der Waals surface area contributed by atoms with Crippen LogP contribution in [0.15, 0.2) is 59.0 Å². The van der Waals surface area contributed by atoms with Gasteiger partial charge in [0.1, 0.15) is 5.58 Å². The Morgan fingerprint density at radius 2 is 1.91 bits per heavy atom. The largest absolute Gasteiger partial charge is 0.451 e. The van der Waals surface area contributed by atoms with E-state index in [2.05, 4.69) is 22.5 Å². The van der Waals surface area contributed by atoms with Gasteiger partial charge in [-0.1, -0.05) is 37.3 Å². The minimum atomic E-state index is -0.296. The maximum absolute atomic E-state index is 12.5. The first-order chi connectivity index (χ1) is 16.1. The summed E-state index contributed by atoms with van der Waals surface area (Å²) >= 11 is 0. The summed E-state index contributed by atoms with van der Waals surface area (Å²) in [7, 11) is 0. The van der Waals surface area contributed by atoms with Crippen LogP contribution in [0.1, 0.15) is 48.7 Å². The van der Waals surface area contributed by atoms with Crippen LogP contribution in [0, 0.1) is 5.92 Å². The third-order valence-electron chi connectivity index (χ3n) is 6.19. The lowest BCUT2D eigenvalue weighted by Gasteiger charge is -2.30. The molecule has 1 unspecified atom stereocenters. The molecule has 3 aromatic rings. The Labute approximate surface area is 195 Å². The highest BCUT2D eigenvalue weighted by Gasteiger charge is 2.15. The minimum absolute atomic E-state index is 0.0284. The Morgan fingerprint density at radius 3 is 2.70 bits per heavy atom. The van der Waals surface area contributed by atoms with Crippen molar-refractivity contribution >= 4 is 28.5 Å². The average Bonchev–Trinajstić information content (AvgIpc) is 3.25. The number of anilines is 1. The van der Waals surface area contributed by atoms with Crippen LogP contribution in [-0.4, -0.2) is 42.9 Å². The number of amides is 2. The van der Waals surface area contributed by atoms with E-state index in [0.717, 1.165) is 36.3 Å². The Kier molecular flexibility index (Phi) is 7.79. The predicted molar refractivity (Wildman–Crippen MR) is 131 cm³/mol. The molecule has 2 N–H and O–H groups in total. The molecule has 174 valence electrons. The second kappa shape index (κ2) is 11.1. The van der Waals surface area contributed by atoms with Crippen molar-refractivity contribution < 1.29 is 14.0 Å². The molecule has 0 spiro atoms. The third kappa shape index (κ3) is 6.68. The smallest absolute Gasteiger partial charge is 0.291 e. The molecule has 1 aromatic heterocycles. The van der Waals surface area contributed by atoms with Gasteiger partial charge in [-0.15, -0.1) is 0 Å². The zero-order valence-corrected chi connectivity index (χ0v) is 19.3. The summed E-state index contributed by atoms with van der Waals surface area (Å²) in [6, 6.07) is 16.6. The van der Waals surface area contributed by atoms with Crippen LogP contribution in [-0.2, 0) is 11.2 Å². The van der Waals surface area contributed by atoms with E-state index in [9.17, 15) is 9.59 Å². The fourth-order valence-electron chi connectivity index (χ4n) is 4.42. The van der Waals surface area contributed by atoms with Gasteiger partial charge in [-0.05, 0) is 74.5 Å². The molecule has 1 aliphatic heterocycles. The summed E-state index contributed by atoms with van der Waals surface area (Å²) in [5, 5.41) is 6.75. The molecular formula is C27H33N3O3. The Balaban J connectivity index is 1.16. The van der Waals surface area contributed by atoms with Gasteiger partial charge >= 0.3 is 0 Å². The number of para-hydroxylation sites is 1. The topological polar surface area (TPSA) is 74.6 Å². The van der Waals surface area contributed by atoms with E-state index in [-0.39, 0.29) is 17.6 Å². The summed E-state index contributed by atoms with van der Waals surface area (Å²) in [4.78, 5) is 27.3. The Bertz CT molecular complexity index is 1040. The first-order valence-electron chi connectivity index (χ1n) is 11.9. The van der Waals surface area contributed by atoms with Crippen LogP contribution in [0.4, 0.5) is 5.69 Å². The van der Waals surface area contributed by atoms with Crippen molar-refractivity contribution in [3.05, 3.63) is 65.9 Å². The maximum Gasteiger partial charge on any atom is 0.291 e. The Morgan fingerprint density at radius 1 is 1.09 bits per heavy atom. The number of carbonyl (C=O) groups is 2. The summed E-state index contributed by atoms with van der Waals surface area (Å²) in [5.41, 5.74) is 2.26. The maximum atomic E-state index is 12.5. The average molecular weight is 448 g/mol. The number of furan rings is 1. The number of carbonyl (C=O) groups excluding carboxylic acids is 2. The number of unbranched alkanes of at least 4 members (excludes halogenated alkanes) is 1. The molecule has 0 bridgehead atoms. The lowest BCUT2D eigenvalue weighted by Crippen LogP contribution is -2.35. The number of benzene rings is 2. The van der Waals surface area contributed by atoms with E-state index in [1.807, 2.05) is 48.5 Å². The number of likely N-dealkylation sites (tertiary alicyclic amines) is 1. The van der Waals surface area contributed by atoms with Gasteiger partial charge in [-0.3, -0.25) is 9.59 Å². The highest BCUT2D eigenvalue weighted by Crippen LogP contribution is 2.20. The van der Waals surface area contributed by atoms with Crippen LogP contribution >= 0.6 is 0 Å². The number of rotatable bonds is 9. The van der Waals surface area contributed by atoms with Gasteiger partial charge in [0, 0.05) is 24.2 Å². The quantitative estimate of drug-likeness (QED) is 0.460. The van der Waals surface area contributed by atoms with Crippen LogP contribution in [0.3, 0.4) is 0 Å². The Hall–Kier alpha value is -3.12. The fourth-order valence-corrected chi connectivity index (χ4v) is 4.42. The molecular weight excluding hydrogens is 414 g/mol. The monoisotopic (exact) mass is 447 g/mol. The molecule has 33 heavy (non-hydrogen) atoms. The molecule has 6 nitrogen and oxygen atoms in total. The van der Waals surface area contributed by atoms with Crippen molar-refractivity contribution in [1.82, 2.24) is 10.2 Å². The fraction of sp³-hybridized carbons (Fsp3) is 0.407. The SMILES string of the molecule is CC1CCCN(CCCCNC(=O)Cc2ccc(NC(=O)c3cc4ccccc4o3)cc2)C1. The van der Waals surface area contributed by atoms with Crippen LogP contribution in [0.5, 0.6) is 0 Å². The molecule has 1 fully saturated rings. The minimum Gasteiger partial charge on any atom is -0.451 e. The first kappa shape index (κ1) is 23.1. The molecule has 4 rings (SSSR count). The molecule has 2 amide bonds. The van der Waals surface area contributed by atoms with Crippen molar-refractivity contribution in [3.63, 3.8) is 0 Å². The lowest BCUT2D eigenvalue weighted by molar-refractivity contribution is -0.120. The van der Waals surface area contributed by atoms with Gasteiger partial charge in [0.2, 0.25) is 5.91 Å². The lowest BCUT2D eigenvalue weighted by atomic mass is 10.0. The van der Waals surface area contributed by atoms with Crippen molar-refractivity contribution in [2.45, 2.75) is 39.0 Å². The van der Waals surface area contributed by atoms with Gasteiger partial charge < -0.3 is 20.0 Å². The molecule has 1 atom stereocenters. The van der Waals surface area contributed by atoms with Crippen LogP contribution in [0.25, 0.3) is 11.0 Å². The predicted octanol–water partition coefficient (Wildman–Crippen LogP) is 4.86. The molecule has 1 saturated heterocycles. The second-order valence-corrected chi connectivity index (χ2v) is 9.08. The molecule has 6 heteroatoms. The zero-order chi connectivity index (χ0) is 23.0. The van der Waals surface area contributed by atoms with Gasteiger partial charge in [0.15, 0.2) is 5.76 Å². The van der Waals surface area contributed by atoms with E-state index in [4.69, 9.17) is 4.42 Å². The van der Waals surface area contributed by atoms with Crippen molar-refractivity contribution in [3.8, 4) is 0 Å². The van der Waals surface area contributed by atoms with Gasteiger partial charge in [0.25, 0.3) is 5.91 Å². The number of hydrogen-bond donors (Lipinski definition) is 2. The van der Waals surface area contributed by atoms with Gasteiger partial charge in [-0.25, -0.2) is 0 Å². The van der Waals surface area contributed by atoms with Crippen LogP contribution in [0.2, 0.25) is 0 Å². The number of fused-ring (bicyclic) bond motifs is 1. The van der Waals surface area contributed by atoms with Crippen molar-refractivity contribution in [1.29, 1.82) is 0 Å². The van der Waals surface area contributed by atoms with E-state index >= 15 is 0 Å². The highest BCUT2D eigenvalue weighted by atomic mass is 16.3. The summed E-state index contributed by atoms with van der Waals surface area (Å²) < 4.78 is 5.60. The normalized spacial score (nSPS) is 16.6. The first-order valence-corrected chi connectivity index (χ1v) is 11.9. The van der Waals surface area contributed by atoms with E-state index < -0.39 is 0 Å². The number of piperidine rings is 1. The number of nitrogens with one attached hydrogen (secondary N) is 2. The zero-order valence-electron chi connectivity index (χ0n) is 19.3. The highest BCUT2D eigenvalue weighted by molar-refractivity contribution is 6.04. The standard InChI is InChI=1S/C27H33N3O3/c1-20-7-6-16-30(19-20)15-5-4-14-28-26(31)17-21-10-12-23(13-11-21)29-27(32)25-18-22-8-2-3-9-24(22)33-25/h2-3,8-13,18,20H,4-7,14-17,19H2,1H3,(H,28,31)(H,29,32). The molecule has 0 saturated carbocycles. The molecule has 0 aliphatic carbocycles. The molecule has 2 aromatic carbocycles. The molecule has 0 radical (unpaired) electrons. The molecule has 2 heterocycles. The van der Waals surface area contributed by atoms with E-state index in [0.29, 0.717) is 24.2 Å². The van der Waals surface area contributed by atoms with E-state index in [1.54, 1.807) is 6.07 Å². The van der Waals surface area contributed by atoms with Crippen LogP contribution < -0.4 is 10.6 Å². The number of hydrogen-bond acceptors (Lipinski definition) is 4. The van der Waals surface area contributed by atoms with Crippen molar-refractivity contribution in [2.75, 3.05) is 31.5 Å². The second-order valence-electron chi connectivity index (χ2n) is 9.08. The van der Waals surface area contributed by atoms with Gasteiger partial charge in [0.05, 0.1) is 6.42 Å². The van der Waals surface area contributed by atoms with Crippen molar-refractivity contribution in [2.24, 2.45) is 5.92 Å².